The van der Waals surface area contributed by atoms with E-state index >= 15 is 0 Å². The summed E-state index contributed by atoms with van der Waals surface area (Å²) in [6, 6.07) is 14.2. The largest absolute Gasteiger partial charge is 0.497 e. The first-order chi connectivity index (χ1) is 9.74. The minimum Gasteiger partial charge on any atom is -0.497 e. The van der Waals surface area contributed by atoms with Crippen molar-refractivity contribution in [1.29, 1.82) is 0 Å². The van der Waals surface area contributed by atoms with Crippen molar-refractivity contribution in [2.45, 2.75) is 13.5 Å². The third kappa shape index (κ3) is 2.59. The fraction of sp³-hybridized carbons (Fsp3) is 0.188. The number of fused-ring (bicyclic) bond motifs is 1. The Balaban J connectivity index is 1.75. The van der Waals surface area contributed by atoms with E-state index in [0.717, 1.165) is 28.3 Å². The molecular formula is C16H17N3O. The molecule has 0 aliphatic heterocycles. The van der Waals surface area contributed by atoms with Gasteiger partial charge in [-0.2, -0.15) is 0 Å². The standard InChI is InChI=1S/C16H17N3O/c1-11-3-5-12(6-4-11)17-10-16-18-14-8-7-13(20-2)9-15(14)19-16/h3-9,17H,10H2,1-2H3,(H,18,19). The molecule has 1 heterocycles. The van der Waals surface area contributed by atoms with Gasteiger partial charge in [-0.25, -0.2) is 4.98 Å². The van der Waals surface area contributed by atoms with E-state index in [4.69, 9.17) is 4.74 Å². The predicted octanol–water partition coefficient (Wildman–Crippen LogP) is 3.49. The second-order valence-corrected chi connectivity index (χ2v) is 4.79. The Morgan fingerprint density at radius 3 is 2.70 bits per heavy atom. The number of imidazole rings is 1. The summed E-state index contributed by atoms with van der Waals surface area (Å²) in [5.74, 6) is 1.74. The third-order valence-electron chi connectivity index (χ3n) is 3.25. The van der Waals surface area contributed by atoms with Gasteiger partial charge in [0.05, 0.1) is 24.7 Å². The highest BCUT2D eigenvalue weighted by Gasteiger charge is 2.04. The molecule has 3 rings (SSSR count). The van der Waals surface area contributed by atoms with Gasteiger partial charge in [-0.15, -0.1) is 0 Å². The highest BCUT2D eigenvalue weighted by atomic mass is 16.5. The van der Waals surface area contributed by atoms with E-state index in [0.29, 0.717) is 6.54 Å². The number of benzene rings is 2. The average Bonchev–Trinajstić information content (AvgIpc) is 2.88. The normalized spacial score (nSPS) is 10.7. The summed E-state index contributed by atoms with van der Waals surface area (Å²) in [5, 5.41) is 3.35. The van der Waals surface area contributed by atoms with Crippen LogP contribution in [0.5, 0.6) is 5.75 Å². The van der Waals surface area contributed by atoms with Crippen LogP contribution in [-0.4, -0.2) is 17.1 Å². The maximum absolute atomic E-state index is 5.21. The number of nitrogens with one attached hydrogen (secondary N) is 2. The maximum atomic E-state index is 5.21. The van der Waals surface area contributed by atoms with E-state index in [-0.39, 0.29) is 0 Å². The lowest BCUT2D eigenvalue weighted by atomic mass is 10.2. The number of nitrogens with zero attached hydrogens (tertiary/aromatic N) is 1. The number of hydrogen-bond acceptors (Lipinski definition) is 3. The second kappa shape index (κ2) is 5.25. The van der Waals surface area contributed by atoms with E-state index in [9.17, 15) is 0 Å². The zero-order valence-corrected chi connectivity index (χ0v) is 11.6. The van der Waals surface area contributed by atoms with E-state index in [1.54, 1.807) is 7.11 Å². The van der Waals surface area contributed by atoms with Gasteiger partial charge in [0.15, 0.2) is 0 Å². The van der Waals surface area contributed by atoms with Gasteiger partial charge in [-0.1, -0.05) is 17.7 Å². The summed E-state index contributed by atoms with van der Waals surface area (Å²) >= 11 is 0. The SMILES string of the molecule is COc1ccc2nc(CNc3ccc(C)cc3)[nH]c2c1. The molecule has 3 aromatic rings. The molecule has 0 spiro atoms. The van der Waals surface area contributed by atoms with E-state index in [2.05, 4.69) is 46.5 Å². The number of rotatable bonds is 4. The minimum absolute atomic E-state index is 0.667. The number of ether oxygens (including phenoxy) is 1. The summed E-state index contributed by atoms with van der Waals surface area (Å²) < 4.78 is 5.21. The van der Waals surface area contributed by atoms with Crippen molar-refractivity contribution in [3.05, 3.63) is 53.9 Å². The zero-order valence-electron chi connectivity index (χ0n) is 11.6. The molecule has 0 fully saturated rings. The minimum atomic E-state index is 0.667. The fourth-order valence-corrected chi connectivity index (χ4v) is 2.11. The molecule has 0 amide bonds. The number of H-pyrrole nitrogens is 1. The summed E-state index contributed by atoms with van der Waals surface area (Å²) in [6.45, 7) is 2.75. The first kappa shape index (κ1) is 12.5. The summed E-state index contributed by atoms with van der Waals surface area (Å²) in [4.78, 5) is 7.85. The molecule has 20 heavy (non-hydrogen) atoms. The monoisotopic (exact) mass is 267 g/mol. The quantitative estimate of drug-likeness (QED) is 0.760. The summed E-state index contributed by atoms with van der Waals surface area (Å²) in [7, 11) is 1.66. The van der Waals surface area contributed by atoms with Gasteiger partial charge in [0.1, 0.15) is 11.6 Å². The Kier molecular flexibility index (Phi) is 3.29. The molecule has 2 N–H and O–H groups in total. The number of methoxy groups -OCH3 is 1. The molecule has 0 saturated heterocycles. The van der Waals surface area contributed by atoms with Crippen LogP contribution in [0, 0.1) is 6.92 Å². The molecule has 0 bridgehead atoms. The highest BCUT2D eigenvalue weighted by Crippen LogP contribution is 2.19. The first-order valence-corrected chi connectivity index (χ1v) is 6.58. The van der Waals surface area contributed by atoms with Crippen molar-refractivity contribution >= 4 is 16.7 Å². The Bertz CT molecular complexity index is 716. The van der Waals surface area contributed by atoms with Crippen LogP contribution in [0.3, 0.4) is 0 Å². The predicted molar refractivity (Wildman–Crippen MR) is 81.2 cm³/mol. The molecule has 0 radical (unpaired) electrons. The van der Waals surface area contributed by atoms with Crippen molar-refractivity contribution in [2.24, 2.45) is 0 Å². The zero-order chi connectivity index (χ0) is 13.9. The lowest BCUT2D eigenvalue weighted by molar-refractivity contribution is 0.415. The van der Waals surface area contributed by atoms with Crippen LogP contribution in [-0.2, 0) is 6.54 Å². The molecular weight excluding hydrogens is 250 g/mol. The lowest BCUT2D eigenvalue weighted by Gasteiger charge is -2.04. The van der Waals surface area contributed by atoms with Gasteiger partial charge >= 0.3 is 0 Å². The average molecular weight is 267 g/mol. The summed E-state index contributed by atoms with van der Waals surface area (Å²) in [5.41, 5.74) is 4.29. The number of aryl methyl sites for hydroxylation is 1. The van der Waals surface area contributed by atoms with Crippen LogP contribution in [0.2, 0.25) is 0 Å². The van der Waals surface area contributed by atoms with E-state index in [1.807, 2.05) is 18.2 Å². The lowest BCUT2D eigenvalue weighted by Crippen LogP contribution is -2.00. The number of aromatic amines is 1. The van der Waals surface area contributed by atoms with E-state index < -0.39 is 0 Å². The van der Waals surface area contributed by atoms with Gasteiger partial charge in [0.25, 0.3) is 0 Å². The number of hydrogen-bond donors (Lipinski definition) is 2. The number of anilines is 1. The fourth-order valence-electron chi connectivity index (χ4n) is 2.11. The maximum Gasteiger partial charge on any atom is 0.126 e. The van der Waals surface area contributed by atoms with Crippen LogP contribution >= 0.6 is 0 Å². The van der Waals surface area contributed by atoms with Gasteiger partial charge < -0.3 is 15.0 Å². The van der Waals surface area contributed by atoms with Crippen LogP contribution in [0.25, 0.3) is 11.0 Å². The first-order valence-electron chi connectivity index (χ1n) is 6.58. The molecule has 0 aliphatic carbocycles. The van der Waals surface area contributed by atoms with Gasteiger partial charge in [-0.05, 0) is 31.2 Å². The van der Waals surface area contributed by atoms with Crippen LogP contribution in [0.1, 0.15) is 11.4 Å². The van der Waals surface area contributed by atoms with Gasteiger partial charge in [0, 0.05) is 11.8 Å². The Labute approximate surface area is 117 Å². The molecule has 1 aromatic heterocycles. The molecule has 2 aromatic carbocycles. The molecule has 0 unspecified atom stereocenters. The van der Waals surface area contributed by atoms with Crippen molar-refractivity contribution in [1.82, 2.24) is 9.97 Å². The Hall–Kier alpha value is -2.49. The second-order valence-electron chi connectivity index (χ2n) is 4.79. The topological polar surface area (TPSA) is 49.9 Å². The van der Waals surface area contributed by atoms with Crippen molar-refractivity contribution in [3.63, 3.8) is 0 Å². The number of aromatic nitrogens is 2. The molecule has 0 aliphatic rings. The van der Waals surface area contributed by atoms with Crippen LogP contribution in [0.4, 0.5) is 5.69 Å². The molecule has 4 heteroatoms. The van der Waals surface area contributed by atoms with Crippen LogP contribution in [0.15, 0.2) is 42.5 Å². The van der Waals surface area contributed by atoms with Crippen LogP contribution < -0.4 is 10.1 Å². The molecule has 102 valence electrons. The van der Waals surface area contributed by atoms with E-state index in [1.165, 1.54) is 5.56 Å². The summed E-state index contributed by atoms with van der Waals surface area (Å²) in [6.07, 6.45) is 0. The van der Waals surface area contributed by atoms with Gasteiger partial charge in [-0.3, -0.25) is 0 Å². The van der Waals surface area contributed by atoms with Crippen molar-refractivity contribution < 1.29 is 4.74 Å². The van der Waals surface area contributed by atoms with Crippen molar-refractivity contribution in [2.75, 3.05) is 12.4 Å². The molecule has 0 saturated carbocycles. The Morgan fingerprint density at radius 2 is 1.95 bits per heavy atom. The molecule has 0 atom stereocenters. The smallest absolute Gasteiger partial charge is 0.126 e. The van der Waals surface area contributed by atoms with Gasteiger partial charge in [0.2, 0.25) is 0 Å². The third-order valence-corrected chi connectivity index (χ3v) is 3.25. The highest BCUT2D eigenvalue weighted by molar-refractivity contribution is 5.76. The Morgan fingerprint density at radius 1 is 1.15 bits per heavy atom. The molecule has 4 nitrogen and oxygen atoms in total. The van der Waals surface area contributed by atoms with Crippen molar-refractivity contribution in [3.8, 4) is 5.75 Å².